The van der Waals surface area contributed by atoms with E-state index < -0.39 is 0 Å². The van der Waals surface area contributed by atoms with E-state index in [1.807, 2.05) is 15.7 Å². The predicted molar refractivity (Wildman–Crippen MR) is 97.1 cm³/mol. The summed E-state index contributed by atoms with van der Waals surface area (Å²) < 4.78 is 2.03. The van der Waals surface area contributed by atoms with Gasteiger partial charge in [0, 0.05) is 56.3 Å². The van der Waals surface area contributed by atoms with Gasteiger partial charge < -0.3 is 14.8 Å². The van der Waals surface area contributed by atoms with Crippen molar-refractivity contribution in [3.8, 4) is 0 Å². The van der Waals surface area contributed by atoms with Crippen LogP contribution in [0, 0.1) is 0 Å². The number of aromatic nitrogens is 2. The van der Waals surface area contributed by atoms with Crippen molar-refractivity contribution in [1.82, 2.24) is 19.8 Å². The van der Waals surface area contributed by atoms with Crippen LogP contribution >= 0.6 is 11.3 Å². The summed E-state index contributed by atoms with van der Waals surface area (Å²) in [5, 5.41) is 4.98. The highest BCUT2D eigenvalue weighted by molar-refractivity contribution is 7.10. The second-order valence-corrected chi connectivity index (χ2v) is 7.29. The molecule has 1 aliphatic rings. The summed E-state index contributed by atoms with van der Waals surface area (Å²) in [4.78, 5) is 31.4. The number of carbonyl (C=O) groups excluding carboxylic acids is 2. The Bertz CT molecular complexity index is 696. The number of fused-ring (bicyclic) bond motifs is 1. The number of aryl methyl sites for hydroxylation is 1. The molecule has 2 amide bonds. The third-order valence-electron chi connectivity index (χ3n) is 4.45. The van der Waals surface area contributed by atoms with E-state index in [9.17, 15) is 9.59 Å². The van der Waals surface area contributed by atoms with Gasteiger partial charge in [0.15, 0.2) is 0 Å². The van der Waals surface area contributed by atoms with E-state index in [0.29, 0.717) is 19.5 Å². The molecule has 0 spiro atoms. The maximum Gasteiger partial charge on any atom is 0.223 e. The molecule has 0 radical (unpaired) electrons. The number of amides is 2. The highest BCUT2D eigenvalue weighted by Crippen LogP contribution is 2.24. The largest absolute Gasteiger partial charge is 0.356 e. The Hall–Kier alpha value is -2.15. The molecule has 2 aromatic rings. The molecule has 0 saturated carbocycles. The first-order valence-corrected chi connectivity index (χ1v) is 9.66. The zero-order valence-corrected chi connectivity index (χ0v) is 15.1. The minimum atomic E-state index is -0.0378. The van der Waals surface area contributed by atoms with Gasteiger partial charge in [-0.05, 0) is 36.3 Å². The smallest absolute Gasteiger partial charge is 0.223 e. The van der Waals surface area contributed by atoms with Crippen molar-refractivity contribution in [1.29, 1.82) is 0 Å². The first-order valence-electron chi connectivity index (χ1n) is 8.78. The molecule has 25 heavy (non-hydrogen) atoms. The third kappa shape index (κ3) is 5.16. The zero-order valence-electron chi connectivity index (χ0n) is 14.3. The molecule has 7 heteroatoms. The summed E-state index contributed by atoms with van der Waals surface area (Å²) in [6.45, 7) is 3.02. The van der Waals surface area contributed by atoms with E-state index in [1.165, 1.54) is 10.4 Å². The molecule has 0 fully saturated rings. The molecule has 3 rings (SSSR count). The number of unbranched alkanes of at least 4 members (excludes halogenated alkanes) is 1. The Balaban J connectivity index is 1.28. The van der Waals surface area contributed by atoms with Crippen LogP contribution in [0.25, 0.3) is 0 Å². The van der Waals surface area contributed by atoms with Crippen LogP contribution in [0.3, 0.4) is 0 Å². The van der Waals surface area contributed by atoms with E-state index >= 15 is 0 Å². The van der Waals surface area contributed by atoms with Crippen LogP contribution in [0.5, 0.6) is 0 Å². The van der Waals surface area contributed by atoms with Crippen molar-refractivity contribution >= 4 is 23.2 Å². The lowest BCUT2D eigenvalue weighted by Crippen LogP contribution is -2.36. The highest BCUT2D eigenvalue weighted by Gasteiger charge is 2.21. The second-order valence-electron chi connectivity index (χ2n) is 6.29. The van der Waals surface area contributed by atoms with Crippen LogP contribution in [0.4, 0.5) is 0 Å². The molecule has 0 bridgehead atoms. The number of hydrogen-bond acceptors (Lipinski definition) is 4. The van der Waals surface area contributed by atoms with Crippen LogP contribution in [0.1, 0.15) is 36.1 Å². The van der Waals surface area contributed by atoms with Crippen molar-refractivity contribution in [2.75, 3.05) is 13.1 Å². The van der Waals surface area contributed by atoms with Gasteiger partial charge in [-0.25, -0.2) is 4.98 Å². The molecule has 3 heterocycles. The average molecular weight is 360 g/mol. The average Bonchev–Trinajstić information content (AvgIpc) is 3.30. The number of nitrogens with zero attached hydrogens (tertiary/aromatic N) is 3. The van der Waals surface area contributed by atoms with Crippen LogP contribution in [-0.2, 0) is 29.1 Å². The van der Waals surface area contributed by atoms with Crippen LogP contribution in [-0.4, -0.2) is 39.4 Å². The van der Waals surface area contributed by atoms with E-state index in [0.717, 1.165) is 32.4 Å². The first-order chi connectivity index (χ1) is 12.2. The van der Waals surface area contributed by atoms with Crippen LogP contribution in [0.15, 0.2) is 30.2 Å². The van der Waals surface area contributed by atoms with Crippen LogP contribution < -0.4 is 5.32 Å². The number of imidazole rings is 1. The van der Waals surface area contributed by atoms with Gasteiger partial charge in [0.1, 0.15) is 0 Å². The Labute approximate surface area is 151 Å². The number of rotatable bonds is 8. The molecule has 0 aromatic carbocycles. The minimum absolute atomic E-state index is 0.0378. The molecule has 2 aromatic heterocycles. The number of carbonyl (C=O) groups is 2. The summed E-state index contributed by atoms with van der Waals surface area (Å²) in [5.74, 6) is 0.0383. The Kier molecular flexibility index (Phi) is 6.22. The fourth-order valence-corrected chi connectivity index (χ4v) is 3.88. The maximum absolute atomic E-state index is 12.3. The molecule has 6 nitrogen and oxygen atoms in total. The minimum Gasteiger partial charge on any atom is -0.356 e. The lowest BCUT2D eigenvalue weighted by atomic mass is 10.1. The SMILES string of the molecule is O=C(CCC(=O)N1CCc2sccc2C1)NCCCCn1ccnc1. The van der Waals surface area contributed by atoms with Crippen molar-refractivity contribution in [3.05, 3.63) is 40.6 Å². The molecular formula is C18H24N4O2S. The standard InChI is InChI=1S/C18H24N4O2S/c23-17(20-7-1-2-9-21-11-8-19-14-21)3-4-18(24)22-10-5-16-15(13-22)6-12-25-16/h6,8,11-12,14H,1-5,7,9-10,13H2,(H,20,23). The van der Waals surface area contributed by atoms with Gasteiger partial charge in [-0.15, -0.1) is 11.3 Å². The second kappa shape index (κ2) is 8.80. The van der Waals surface area contributed by atoms with E-state index in [4.69, 9.17) is 0 Å². The summed E-state index contributed by atoms with van der Waals surface area (Å²) in [7, 11) is 0. The van der Waals surface area contributed by atoms with E-state index in [1.54, 1.807) is 23.9 Å². The molecule has 1 N–H and O–H groups in total. The van der Waals surface area contributed by atoms with Crippen molar-refractivity contribution in [2.45, 2.75) is 45.2 Å². The maximum atomic E-state index is 12.3. The van der Waals surface area contributed by atoms with Crippen molar-refractivity contribution in [2.24, 2.45) is 0 Å². The van der Waals surface area contributed by atoms with Crippen molar-refractivity contribution in [3.63, 3.8) is 0 Å². The van der Waals surface area contributed by atoms with E-state index in [2.05, 4.69) is 21.7 Å². The van der Waals surface area contributed by atoms with Gasteiger partial charge in [0.25, 0.3) is 0 Å². The normalized spacial score (nSPS) is 13.5. The van der Waals surface area contributed by atoms with Gasteiger partial charge >= 0.3 is 0 Å². The van der Waals surface area contributed by atoms with Gasteiger partial charge in [0.05, 0.1) is 6.33 Å². The summed E-state index contributed by atoms with van der Waals surface area (Å²) in [6, 6.07) is 2.09. The van der Waals surface area contributed by atoms with E-state index in [-0.39, 0.29) is 18.2 Å². The van der Waals surface area contributed by atoms with Gasteiger partial charge in [-0.1, -0.05) is 0 Å². The molecule has 1 aliphatic heterocycles. The zero-order chi connectivity index (χ0) is 17.5. The third-order valence-corrected chi connectivity index (χ3v) is 5.47. The summed E-state index contributed by atoms with van der Waals surface area (Å²) in [6.07, 6.45) is 8.90. The van der Waals surface area contributed by atoms with Gasteiger partial charge in [-0.2, -0.15) is 0 Å². The summed E-state index contributed by atoms with van der Waals surface area (Å²) in [5.41, 5.74) is 1.26. The number of nitrogens with one attached hydrogen (secondary N) is 1. The van der Waals surface area contributed by atoms with Gasteiger partial charge in [-0.3, -0.25) is 9.59 Å². The molecular weight excluding hydrogens is 336 g/mol. The van der Waals surface area contributed by atoms with Crippen molar-refractivity contribution < 1.29 is 9.59 Å². The number of thiophene rings is 1. The molecule has 0 atom stereocenters. The first kappa shape index (κ1) is 17.7. The topological polar surface area (TPSA) is 67.2 Å². The Morgan fingerprint density at radius 2 is 2.20 bits per heavy atom. The predicted octanol–water partition coefficient (Wildman–Crippen LogP) is 2.21. The Morgan fingerprint density at radius 1 is 1.28 bits per heavy atom. The lowest BCUT2D eigenvalue weighted by molar-refractivity contribution is -0.134. The fourth-order valence-electron chi connectivity index (χ4n) is 2.99. The highest BCUT2D eigenvalue weighted by atomic mass is 32.1. The number of hydrogen-bond donors (Lipinski definition) is 1. The monoisotopic (exact) mass is 360 g/mol. The fraction of sp³-hybridized carbons (Fsp3) is 0.500. The molecule has 0 saturated heterocycles. The molecule has 0 aliphatic carbocycles. The van der Waals surface area contributed by atoms with Gasteiger partial charge in [0.2, 0.25) is 11.8 Å². The summed E-state index contributed by atoms with van der Waals surface area (Å²) >= 11 is 1.76. The lowest BCUT2D eigenvalue weighted by Gasteiger charge is -2.27. The van der Waals surface area contributed by atoms with Crippen LogP contribution in [0.2, 0.25) is 0 Å². The molecule has 0 unspecified atom stereocenters. The molecule has 134 valence electrons. The quantitative estimate of drug-likeness (QED) is 0.734. The Morgan fingerprint density at radius 3 is 3.04 bits per heavy atom.